The number of aliphatic hydroxyl groups excluding tert-OH is 1. The van der Waals surface area contributed by atoms with Gasteiger partial charge in [-0.25, -0.2) is 4.39 Å². The maximum atomic E-state index is 13.3. The van der Waals surface area contributed by atoms with Crippen LogP contribution in [0, 0.1) is 11.7 Å². The first-order chi connectivity index (χ1) is 8.54. The lowest BCUT2D eigenvalue weighted by Crippen LogP contribution is -2.39. The molecule has 1 aromatic carbocycles. The predicted molar refractivity (Wildman–Crippen MR) is 72.9 cm³/mol. The maximum Gasteiger partial charge on any atom is 0.123 e. The molecule has 102 valence electrons. The van der Waals surface area contributed by atoms with Crippen LogP contribution in [0.2, 0.25) is 0 Å². The summed E-state index contributed by atoms with van der Waals surface area (Å²) in [6.45, 7) is 4.65. The van der Waals surface area contributed by atoms with Gasteiger partial charge in [-0.15, -0.1) is 0 Å². The van der Waals surface area contributed by atoms with Crippen LogP contribution in [0.15, 0.2) is 24.3 Å². The normalized spacial score (nSPS) is 14.8. The van der Waals surface area contributed by atoms with Crippen molar-refractivity contribution in [2.45, 2.75) is 38.5 Å². The highest BCUT2D eigenvalue weighted by Gasteiger charge is 2.30. The third kappa shape index (κ3) is 3.79. The molecule has 18 heavy (non-hydrogen) atoms. The van der Waals surface area contributed by atoms with E-state index in [4.69, 9.17) is 5.73 Å². The van der Waals surface area contributed by atoms with E-state index in [1.807, 2.05) is 6.07 Å². The summed E-state index contributed by atoms with van der Waals surface area (Å²) in [6, 6.07) is 6.42. The van der Waals surface area contributed by atoms with Crippen LogP contribution in [0.3, 0.4) is 0 Å². The highest BCUT2D eigenvalue weighted by atomic mass is 19.1. The molecule has 0 aliphatic heterocycles. The van der Waals surface area contributed by atoms with E-state index < -0.39 is 5.41 Å². The Morgan fingerprint density at radius 1 is 1.39 bits per heavy atom. The number of hydrogen-bond acceptors (Lipinski definition) is 2. The zero-order chi connectivity index (χ0) is 13.6. The van der Waals surface area contributed by atoms with Gasteiger partial charge in [-0.3, -0.25) is 0 Å². The highest BCUT2D eigenvalue weighted by molar-refractivity contribution is 5.27. The van der Waals surface area contributed by atoms with Crippen LogP contribution in [0.25, 0.3) is 0 Å². The van der Waals surface area contributed by atoms with Crippen molar-refractivity contribution in [2.75, 3.05) is 13.2 Å². The van der Waals surface area contributed by atoms with Crippen LogP contribution >= 0.6 is 0 Å². The molecule has 0 amide bonds. The van der Waals surface area contributed by atoms with Crippen LogP contribution in [0.5, 0.6) is 0 Å². The van der Waals surface area contributed by atoms with Crippen molar-refractivity contribution in [3.05, 3.63) is 35.6 Å². The molecular formula is C15H24FNO. The average Bonchev–Trinajstić information content (AvgIpc) is 2.35. The van der Waals surface area contributed by atoms with Crippen molar-refractivity contribution in [3.8, 4) is 0 Å². The van der Waals surface area contributed by atoms with Crippen LogP contribution in [0.1, 0.15) is 38.7 Å². The van der Waals surface area contributed by atoms with Crippen molar-refractivity contribution in [1.29, 1.82) is 0 Å². The molecule has 0 saturated carbocycles. The second-order valence-electron chi connectivity index (χ2n) is 5.44. The number of nitrogens with two attached hydrogens (primary N) is 1. The number of aliphatic hydroxyl groups is 1. The van der Waals surface area contributed by atoms with E-state index in [9.17, 15) is 9.50 Å². The average molecular weight is 253 g/mol. The third-order valence-corrected chi connectivity index (χ3v) is 3.57. The van der Waals surface area contributed by atoms with Gasteiger partial charge in [0, 0.05) is 12.0 Å². The third-order valence-electron chi connectivity index (χ3n) is 3.57. The topological polar surface area (TPSA) is 46.2 Å². The van der Waals surface area contributed by atoms with E-state index in [1.165, 1.54) is 12.1 Å². The molecule has 0 aliphatic carbocycles. The molecule has 2 nitrogen and oxygen atoms in total. The van der Waals surface area contributed by atoms with Gasteiger partial charge >= 0.3 is 0 Å². The fourth-order valence-electron chi connectivity index (χ4n) is 2.27. The Morgan fingerprint density at radius 2 is 2.11 bits per heavy atom. The van der Waals surface area contributed by atoms with Crippen LogP contribution in [0.4, 0.5) is 4.39 Å². The van der Waals surface area contributed by atoms with Gasteiger partial charge in [-0.05, 0) is 30.0 Å². The molecular weight excluding hydrogens is 229 g/mol. The van der Waals surface area contributed by atoms with Crippen molar-refractivity contribution < 1.29 is 9.50 Å². The van der Waals surface area contributed by atoms with E-state index in [1.54, 1.807) is 6.07 Å². The Morgan fingerprint density at radius 3 is 2.61 bits per heavy atom. The van der Waals surface area contributed by atoms with E-state index in [0.717, 1.165) is 24.8 Å². The molecule has 0 bridgehead atoms. The number of benzene rings is 1. The lowest BCUT2D eigenvalue weighted by atomic mass is 9.76. The fraction of sp³-hybridized carbons (Fsp3) is 0.600. The summed E-state index contributed by atoms with van der Waals surface area (Å²) in [5, 5.41) is 9.68. The first kappa shape index (κ1) is 15.1. The SMILES string of the molecule is CC(C)CCCC(CN)(CO)c1cccc(F)c1. The Labute approximate surface area is 109 Å². The molecule has 0 radical (unpaired) electrons. The van der Waals surface area contributed by atoms with Gasteiger partial charge in [0.15, 0.2) is 0 Å². The zero-order valence-corrected chi connectivity index (χ0v) is 11.3. The maximum absolute atomic E-state index is 13.3. The molecule has 1 aromatic rings. The minimum atomic E-state index is -0.503. The van der Waals surface area contributed by atoms with Gasteiger partial charge in [0.05, 0.1) is 6.61 Å². The summed E-state index contributed by atoms with van der Waals surface area (Å²) >= 11 is 0. The van der Waals surface area contributed by atoms with Gasteiger partial charge in [-0.2, -0.15) is 0 Å². The molecule has 3 N–H and O–H groups in total. The summed E-state index contributed by atoms with van der Waals surface area (Å²) in [4.78, 5) is 0. The van der Waals surface area contributed by atoms with Gasteiger partial charge in [-0.1, -0.05) is 38.8 Å². The summed E-state index contributed by atoms with van der Waals surface area (Å²) < 4.78 is 13.3. The second kappa shape index (κ2) is 6.86. The molecule has 1 unspecified atom stereocenters. The molecule has 0 fully saturated rings. The molecule has 0 heterocycles. The number of halogens is 1. The lowest BCUT2D eigenvalue weighted by Gasteiger charge is -2.31. The van der Waals surface area contributed by atoms with E-state index in [2.05, 4.69) is 13.8 Å². The molecule has 1 rings (SSSR count). The molecule has 3 heteroatoms. The monoisotopic (exact) mass is 253 g/mol. The largest absolute Gasteiger partial charge is 0.395 e. The van der Waals surface area contributed by atoms with Crippen molar-refractivity contribution in [2.24, 2.45) is 11.7 Å². The number of hydrogen-bond donors (Lipinski definition) is 2. The van der Waals surface area contributed by atoms with Crippen LogP contribution < -0.4 is 5.73 Å². The summed E-state index contributed by atoms with van der Waals surface area (Å²) in [7, 11) is 0. The van der Waals surface area contributed by atoms with Gasteiger partial charge < -0.3 is 10.8 Å². The van der Waals surface area contributed by atoms with Gasteiger partial charge in [0.25, 0.3) is 0 Å². The summed E-state index contributed by atoms with van der Waals surface area (Å²) in [5.74, 6) is 0.356. The van der Waals surface area contributed by atoms with E-state index >= 15 is 0 Å². The van der Waals surface area contributed by atoms with Crippen molar-refractivity contribution in [1.82, 2.24) is 0 Å². The minimum absolute atomic E-state index is 0.0367. The Balaban J connectivity index is 2.85. The standard InChI is InChI=1S/C15H24FNO/c1-12(2)5-4-8-15(10-17,11-18)13-6-3-7-14(16)9-13/h3,6-7,9,12,18H,4-5,8,10-11,17H2,1-2H3. The Bertz CT molecular complexity index is 361. The summed E-state index contributed by atoms with van der Waals surface area (Å²) in [6.07, 6.45) is 2.88. The molecule has 0 aliphatic rings. The Hall–Kier alpha value is -0.930. The fourth-order valence-corrected chi connectivity index (χ4v) is 2.27. The van der Waals surface area contributed by atoms with Gasteiger partial charge in [0.1, 0.15) is 5.82 Å². The molecule has 0 spiro atoms. The van der Waals surface area contributed by atoms with Crippen LogP contribution in [-0.2, 0) is 5.41 Å². The van der Waals surface area contributed by atoms with E-state index in [0.29, 0.717) is 12.5 Å². The van der Waals surface area contributed by atoms with E-state index in [-0.39, 0.29) is 12.4 Å². The van der Waals surface area contributed by atoms with Gasteiger partial charge in [0.2, 0.25) is 0 Å². The highest BCUT2D eigenvalue weighted by Crippen LogP contribution is 2.30. The summed E-state index contributed by atoms with van der Waals surface area (Å²) in [5.41, 5.74) is 6.13. The lowest BCUT2D eigenvalue weighted by molar-refractivity contribution is 0.183. The first-order valence-corrected chi connectivity index (χ1v) is 6.61. The van der Waals surface area contributed by atoms with Crippen LogP contribution in [-0.4, -0.2) is 18.3 Å². The molecule has 0 aromatic heterocycles. The zero-order valence-electron chi connectivity index (χ0n) is 11.3. The second-order valence-corrected chi connectivity index (χ2v) is 5.44. The quantitative estimate of drug-likeness (QED) is 0.785. The smallest absolute Gasteiger partial charge is 0.123 e. The molecule has 0 saturated heterocycles. The first-order valence-electron chi connectivity index (χ1n) is 6.61. The molecule has 1 atom stereocenters. The van der Waals surface area contributed by atoms with Crippen molar-refractivity contribution in [3.63, 3.8) is 0 Å². The Kier molecular flexibility index (Phi) is 5.76. The predicted octanol–water partition coefficient (Wildman–Crippen LogP) is 2.84. The number of rotatable bonds is 7. The minimum Gasteiger partial charge on any atom is -0.395 e. The van der Waals surface area contributed by atoms with Crippen molar-refractivity contribution >= 4 is 0 Å².